The first-order valence-electron chi connectivity index (χ1n) is 17.5. The molecule has 0 amide bonds. The molecule has 0 bridgehead atoms. The number of carboxylic acids is 1. The van der Waals surface area contributed by atoms with Crippen LogP contribution >= 0.6 is 0 Å². The molecular formula is C35H56O12. The average Bonchev–Trinajstić information content (AvgIpc) is 3.37. The minimum Gasteiger partial charge on any atom is -0.482 e. The van der Waals surface area contributed by atoms with Crippen LogP contribution in [-0.4, -0.2) is 111 Å². The SMILES string of the molecule is CCCCCCCC[C@@H]1C(OC2CC(O)CC(CO)O2)C[C@H]2Cc3c(cccc3OCC(=O)O)C[C@H]21.OCC1OC(O)CC(O)[C@@H]1O. The lowest BCUT2D eigenvalue weighted by molar-refractivity contribution is -0.244. The maximum absolute atomic E-state index is 11.1. The molecule has 2 aliphatic carbocycles. The number of aliphatic hydroxyl groups excluding tert-OH is 6. The van der Waals surface area contributed by atoms with Crippen LogP contribution in [0.25, 0.3) is 0 Å². The van der Waals surface area contributed by atoms with E-state index >= 15 is 0 Å². The van der Waals surface area contributed by atoms with Crippen molar-refractivity contribution >= 4 is 5.97 Å². The highest BCUT2D eigenvalue weighted by Crippen LogP contribution is 2.50. The Kier molecular flexibility index (Phi) is 15.2. The molecule has 11 atom stereocenters. The summed E-state index contributed by atoms with van der Waals surface area (Å²) in [6.45, 7) is 1.40. The Labute approximate surface area is 277 Å². The van der Waals surface area contributed by atoms with E-state index < -0.39 is 49.6 Å². The van der Waals surface area contributed by atoms with Gasteiger partial charge in [0.15, 0.2) is 19.2 Å². The number of ether oxygens (including phenoxy) is 4. The normalized spacial score (nSPS) is 34.9. The molecule has 2 heterocycles. The summed E-state index contributed by atoms with van der Waals surface area (Å²) in [6.07, 6.45) is 6.91. The second-order valence-electron chi connectivity index (χ2n) is 13.6. The van der Waals surface area contributed by atoms with Gasteiger partial charge in [0.05, 0.1) is 37.6 Å². The van der Waals surface area contributed by atoms with Gasteiger partial charge >= 0.3 is 5.97 Å². The quantitative estimate of drug-likeness (QED) is 0.143. The average molecular weight is 669 g/mol. The van der Waals surface area contributed by atoms with Gasteiger partial charge in [-0.3, -0.25) is 0 Å². The zero-order valence-electron chi connectivity index (χ0n) is 27.6. The van der Waals surface area contributed by atoms with Gasteiger partial charge in [0.2, 0.25) is 0 Å². The van der Waals surface area contributed by atoms with E-state index in [9.17, 15) is 15.0 Å². The Balaban J connectivity index is 0.000000385. The highest BCUT2D eigenvalue weighted by molar-refractivity contribution is 5.68. The van der Waals surface area contributed by atoms with E-state index in [0.717, 1.165) is 31.2 Å². The highest BCUT2D eigenvalue weighted by atomic mass is 16.7. The summed E-state index contributed by atoms with van der Waals surface area (Å²) in [4.78, 5) is 11.1. The standard InChI is InChI=1S/C29H44O7.C6H12O5/c1-2-3-4-5-6-7-10-23-24-12-19-9-8-11-26(34-18-28(32)33)25(19)13-20(24)14-27(23)36-29-16-21(31)15-22(17-30)35-29;7-2-4-6(10)3(8)1-5(9)11-4/h8-9,11,20-24,27,29-31H,2-7,10,12-18H2,1H3,(H,32,33);3-10H,1-2H2/t20-,21?,22?,23+,24-,27?,29?;3?,4?,5?,6-/m10/s1. The number of rotatable bonds is 14. The van der Waals surface area contributed by atoms with E-state index in [1.807, 2.05) is 12.1 Å². The number of aliphatic carboxylic acids is 1. The van der Waals surface area contributed by atoms with E-state index in [1.165, 1.54) is 44.1 Å². The van der Waals surface area contributed by atoms with Crippen LogP contribution in [0.15, 0.2) is 18.2 Å². The first-order valence-corrected chi connectivity index (χ1v) is 17.5. The van der Waals surface area contributed by atoms with E-state index in [-0.39, 0.29) is 31.8 Å². The molecule has 268 valence electrons. The predicted octanol–water partition coefficient (Wildman–Crippen LogP) is 2.30. The molecule has 3 fully saturated rings. The van der Waals surface area contributed by atoms with Gasteiger partial charge in [-0.1, -0.05) is 57.6 Å². The van der Waals surface area contributed by atoms with E-state index in [2.05, 4.69) is 13.0 Å². The third kappa shape index (κ3) is 10.8. The van der Waals surface area contributed by atoms with Gasteiger partial charge in [0, 0.05) is 19.3 Å². The van der Waals surface area contributed by atoms with Gasteiger partial charge in [-0.05, 0) is 60.6 Å². The van der Waals surface area contributed by atoms with Gasteiger partial charge in [-0.15, -0.1) is 0 Å². The van der Waals surface area contributed by atoms with E-state index in [1.54, 1.807) is 0 Å². The van der Waals surface area contributed by atoms with Gasteiger partial charge in [-0.2, -0.15) is 0 Å². The fourth-order valence-electron chi connectivity index (χ4n) is 7.80. The Morgan fingerprint density at radius 1 is 0.915 bits per heavy atom. The summed E-state index contributed by atoms with van der Waals surface area (Å²) in [7, 11) is 0. The molecule has 5 rings (SSSR count). The predicted molar refractivity (Wildman–Crippen MR) is 171 cm³/mol. The Morgan fingerprint density at radius 3 is 2.40 bits per heavy atom. The summed E-state index contributed by atoms with van der Waals surface area (Å²) >= 11 is 0. The number of aliphatic hydroxyl groups is 6. The largest absolute Gasteiger partial charge is 0.482 e. The molecule has 7 N–H and O–H groups in total. The zero-order chi connectivity index (χ0) is 33.9. The molecule has 1 aromatic carbocycles. The van der Waals surface area contributed by atoms with Crippen LogP contribution in [-0.2, 0) is 31.8 Å². The summed E-state index contributed by atoms with van der Waals surface area (Å²) < 4.78 is 22.9. The van der Waals surface area contributed by atoms with Crippen molar-refractivity contribution in [1.29, 1.82) is 0 Å². The van der Waals surface area contributed by atoms with Crippen LogP contribution in [0.5, 0.6) is 5.75 Å². The molecule has 1 aromatic rings. The molecule has 0 aromatic heterocycles. The van der Waals surface area contributed by atoms with Crippen molar-refractivity contribution < 1.29 is 59.5 Å². The lowest BCUT2D eigenvalue weighted by atomic mass is 9.73. The molecule has 0 radical (unpaired) electrons. The van der Waals surface area contributed by atoms with Crippen molar-refractivity contribution in [2.75, 3.05) is 19.8 Å². The van der Waals surface area contributed by atoms with Gasteiger partial charge in [-0.25, -0.2) is 4.79 Å². The Morgan fingerprint density at radius 2 is 1.68 bits per heavy atom. The van der Waals surface area contributed by atoms with Crippen LogP contribution in [0.3, 0.4) is 0 Å². The van der Waals surface area contributed by atoms with Crippen molar-refractivity contribution in [1.82, 2.24) is 0 Å². The lowest BCUT2D eigenvalue weighted by Gasteiger charge is -2.36. The van der Waals surface area contributed by atoms with E-state index in [4.69, 9.17) is 44.5 Å². The number of hydrogen-bond donors (Lipinski definition) is 7. The second kappa shape index (κ2) is 18.8. The number of fused-ring (bicyclic) bond motifs is 2. The fraction of sp³-hybridized carbons (Fsp3) is 0.800. The fourth-order valence-corrected chi connectivity index (χ4v) is 7.80. The van der Waals surface area contributed by atoms with Crippen LogP contribution in [0, 0.1) is 17.8 Å². The van der Waals surface area contributed by atoms with Crippen LogP contribution < -0.4 is 4.74 Å². The maximum Gasteiger partial charge on any atom is 0.341 e. The minimum atomic E-state index is -1.11. The smallest absolute Gasteiger partial charge is 0.341 e. The molecule has 47 heavy (non-hydrogen) atoms. The molecule has 4 aliphatic rings. The summed E-state index contributed by atoms with van der Waals surface area (Å²) in [6, 6.07) is 6.00. The van der Waals surface area contributed by atoms with Gasteiger partial charge in [0.1, 0.15) is 18.0 Å². The Hall–Kier alpha value is -1.87. The first-order chi connectivity index (χ1) is 22.6. The summed E-state index contributed by atoms with van der Waals surface area (Å²) in [5.74, 6) is 1.10. The summed E-state index contributed by atoms with van der Waals surface area (Å²) in [5, 5.41) is 64.6. The third-order valence-electron chi connectivity index (χ3n) is 10.2. The topological polar surface area (TPSA) is 196 Å². The van der Waals surface area contributed by atoms with Gasteiger partial charge < -0.3 is 54.7 Å². The molecule has 2 aliphatic heterocycles. The monoisotopic (exact) mass is 668 g/mol. The minimum absolute atomic E-state index is 0.0162. The molecule has 2 saturated heterocycles. The second-order valence-corrected chi connectivity index (χ2v) is 13.6. The molecule has 1 saturated carbocycles. The van der Waals surface area contributed by atoms with Crippen LogP contribution in [0.1, 0.15) is 88.7 Å². The van der Waals surface area contributed by atoms with Crippen molar-refractivity contribution in [3.63, 3.8) is 0 Å². The van der Waals surface area contributed by atoms with Crippen molar-refractivity contribution in [2.24, 2.45) is 17.8 Å². The first kappa shape index (κ1) is 37.9. The lowest BCUT2D eigenvalue weighted by Crippen LogP contribution is -2.49. The molecule has 12 heteroatoms. The molecule has 7 unspecified atom stereocenters. The maximum atomic E-state index is 11.1. The molecular weight excluding hydrogens is 612 g/mol. The van der Waals surface area contributed by atoms with Gasteiger partial charge in [0.25, 0.3) is 0 Å². The van der Waals surface area contributed by atoms with Crippen molar-refractivity contribution in [3.05, 3.63) is 29.3 Å². The number of benzene rings is 1. The van der Waals surface area contributed by atoms with Crippen LogP contribution in [0.4, 0.5) is 0 Å². The van der Waals surface area contributed by atoms with E-state index in [0.29, 0.717) is 36.3 Å². The number of hydrogen-bond acceptors (Lipinski definition) is 11. The van der Waals surface area contributed by atoms with Crippen molar-refractivity contribution in [2.45, 2.75) is 140 Å². The number of carbonyl (C=O) groups is 1. The van der Waals surface area contributed by atoms with Crippen molar-refractivity contribution in [3.8, 4) is 5.75 Å². The summed E-state index contributed by atoms with van der Waals surface area (Å²) in [5.41, 5.74) is 2.40. The number of carboxylic acid groups (broad SMARTS) is 1. The Bertz CT molecular complexity index is 1090. The highest BCUT2D eigenvalue weighted by Gasteiger charge is 2.47. The zero-order valence-corrected chi connectivity index (χ0v) is 27.6. The van der Waals surface area contributed by atoms with Crippen LogP contribution in [0.2, 0.25) is 0 Å². The number of unbranched alkanes of at least 4 members (excludes halogenated alkanes) is 5. The third-order valence-corrected chi connectivity index (χ3v) is 10.2. The molecule has 12 nitrogen and oxygen atoms in total. The molecule has 0 spiro atoms.